The van der Waals surface area contributed by atoms with Gasteiger partial charge in [0.05, 0.1) is 17.3 Å². The fourth-order valence-corrected chi connectivity index (χ4v) is 2.15. The van der Waals surface area contributed by atoms with Gasteiger partial charge in [-0.3, -0.25) is 4.68 Å². The van der Waals surface area contributed by atoms with E-state index in [-0.39, 0.29) is 6.61 Å². The first-order valence-electron chi connectivity index (χ1n) is 6.55. The van der Waals surface area contributed by atoms with Crippen LogP contribution < -0.4 is 4.74 Å². The molecular formula is C15H19ClN2O2. The lowest BCUT2D eigenvalue weighted by atomic mass is 10.2. The van der Waals surface area contributed by atoms with Gasteiger partial charge in [0, 0.05) is 5.69 Å². The van der Waals surface area contributed by atoms with Crippen LogP contribution in [0.4, 0.5) is 0 Å². The highest BCUT2D eigenvalue weighted by Crippen LogP contribution is 2.23. The van der Waals surface area contributed by atoms with Crippen molar-refractivity contribution in [3.05, 3.63) is 46.2 Å². The van der Waals surface area contributed by atoms with Crippen LogP contribution in [0.3, 0.4) is 0 Å². The molecule has 0 aliphatic rings. The lowest BCUT2D eigenvalue weighted by Gasteiger charge is -2.14. The van der Waals surface area contributed by atoms with Crippen LogP contribution in [-0.2, 0) is 6.54 Å². The predicted octanol–water partition coefficient (Wildman–Crippen LogP) is 2.90. The van der Waals surface area contributed by atoms with Crippen molar-refractivity contribution < 1.29 is 9.84 Å². The zero-order valence-corrected chi connectivity index (χ0v) is 12.7. The Kier molecular flexibility index (Phi) is 4.68. The van der Waals surface area contributed by atoms with Gasteiger partial charge < -0.3 is 9.84 Å². The van der Waals surface area contributed by atoms with Crippen molar-refractivity contribution in [3.8, 4) is 5.75 Å². The molecule has 5 heteroatoms. The highest BCUT2D eigenvalue weighted by molar-refractivity contribution is 6.32. The molecule has 1 N–H and O–H groups in total. The summed E-state index contributed by atoms with van der Waals surface area (Å²) in [7, 11) is 0. The number of aryl methyl sites for hydroxylation is 1. The van der Waals surface area contributed by atoms with Gasteiger partial charge in [0.2, 0.25) is 0 Å². The van der Waals surface area contributed by atoms with Gasteiger partial charge in [-0.2, -0.15) is 5.10 Å². The van der Waals surface area contributed by atoms with Crippen LogP contribution in [-0.4, -0.2) is 27.6 Å². The molecule has 0 saturated heterocycles. The Labute approximate surface area is 123 Å². The van der Waals surface area contributed by atoms with Crippen LogP contribution in [0.2, 0.25) is 5.02 Å². The number of rotatable bonds is 5. The summed E-state index contributed by atoms with van der Waals surface area (Å²) in [5.74, 6) is 0.581. The number of aliphatic hydroxyl groups excluding tert-OH is 1. The number of hydrogen-bond donors (Lipinski definition) is 1. The van der Waals surface area contributed by atoms with E-state index in [0.29, 0.717) is 17.3 Å². The number of nitrogens with zero attached hydrogens (tertiary/aromatic N) is 2. The number of hydrogen-bond acceptors (Lipinski definition) is 3. The van der Waals surface area contributed by atoms with Crippen molar-refractivity contribution in [2.45, 2.75) is 33.4 Å². The number of benzene rings is 1. The summed E-state index contributed by atoms with van der Waals surface area (Å²) >= 11 is 5.99. The quantitative estimate of drug-likeness (QED) is 0.922. The third-order valence-corrected chi connectivity index (χ3v) is 3.71. The average Bonchev–Trinajstić information content (AvgIpc) is 2.65. The number of para-hydroxylation sites is 1. The molecule has 0 radical (unpaired) electrons. The molecule has 4 nitrogen and oxygen atoms in total. The molecule has 2 aromatic rings. The van der Waals surface area contributed by atoms with Crippen LogP contribution >= 0.6 is 11.6 Å². The molecule has 20 heavy (non-hydrogen) atoms. The van der Waals surface area contributed by atoms with Crippen molar-refractivity contribution in [2.75, 3.05) is 6.61 Å². The second-order valence-corrected chi connectivity index (χ2v) is 5.28. The van der Waals surface area contributed by atoms with Crippen molar-refractivity contribution in [3.63, 3.8) is 0 Å². The Hall–Kier alpha value is -1.52. The van der Waals surface area contributed by atoms with E-state index in [1.807, 2.05) is 37.6 Å². The average molecular weight is 295 g/mol. The van der Waals surface area contributed by atoms with Gasteiger partial charge in [-0.1, -0.05) is 23.7 Å². The van der Waals surface area contributed by atoms with E-state index in [0.717, 1.165) is 17.0 Å². The highest BCUT2D eigenvalue weighted by Gasteiger charge is 2.12. The van der Waals surface area contributed by atoms with Crippen molar-refractivity contribution in [2.24, 2.45) is 0 Å². The van der Waals surface area contributed by atoms with Crippen LogP contribution in [0.15, 0.2) is 24.3 Å². The Morgan fingerprint density at radius 2 is 2.00 bits per heavy atom. The normalized spacial score (nSPS) is 12.4. The number of halogens is 1. The zero-order chi connectivity index (χ0) is 14.7. The maximum absolute atomic E-state index is 10.1. The Balaban J connectivity index is 1.94. The molecule has 0 saturated carbocycles. The van der Waals surface area contributed by atoms with E-state index >= 15 is 0 Å². The molecule has 0 bridgehead atoms. The summed E-state index contributed by atoms with van der Waals surface area (Å²) < 4.78 is 7.34. The van der Waals surface area contributed by atoms with Crippen LogP contribution in [0.25, 0.3) is 0 Å². The Morgan fingerprint density at radius 3 is 2.60 bits per heavy atom. The molecule has 2 rings (SSSR count). The van der Waals surface area contributed by atoms with Gasteiger partial charge >= 0.3 is 0 Å². The summed E-state index contributed by atoms with van der Waals surface area (Å²) in [6.07, 6.45) is -0.635. The van der Waals surface area contributed by atoms with Gasteiger partial charge in [-0.25, -0.2) is 0 Å². The first-order valence-corrected chi connectivity index (χ1v) is 6.93. The standard InChI is InChI=1S/C15H19ClN2O2/c1-10-11(2)17-18(12(10)3)8-13(19)9-20-15-7-5-4-6-14(15)16/h4-7,13,19H,8-9H2,1-3H3/t13-/m0/s1. The lowest BCUT2D eigenvalue weighted by Crippen LogP contribution is -2.24. The first-order chi connectivity index (χ1) is 9.49. The second-order valence-electron chi connectivity index (χ2n) is 4.87. The molecule has 0 spiro atoms. The number of ether oxygens (including phenoxy) is 1. The first kappa shape index (κ1) is 14.9. The SMILES string of the molecule is Cc1nn(C[C@H](O)COc2ccccc2Cl)c(C)c1C. The van der Waals surface area contributed by atoms with E-state index < -0.39 is 6.10 Å². The summed E-state index contributed by atoms with van der Waals surface area (Å²) in [5.41, 5.74) is 3.21. The van der Waals surface area contributed by atoms with Crippen molar-refractivity contribution in [1.29, 1.82) is 0 Å². The fourth-order valence-electron chi connectivity index (χ4n) is 1.96. The van der Waals surface area contributed by atoms with Crippen molar-refractivity contribution in [1.82, 2.24) is 9.78 Å². The maximum Gasteiger partial charge on any atom is 0.138 e. The maximum atomic E-state index is 10.1. The second kappa shape index (κ2) is 6.29. The van der Waals surface area contributed by atoms with Gasteiger partial charge in [-0.15, -0.1) is 0 Å². The lowest BCUT2D eigenvalue weighted by molar-refractivity contribution is 0.0887. The van der Waals surface area contributed by atoms with Crippen LogP contribution in [0.1, 0.15) is 17.0 Å². The molecule has 0 aliphatic heterocycles. The zero-order valence-electron chi connectivity index (χ0n) is 11.9. The summed E-state index contributed by atoms with van der Waals surface area (Å²) in [6.45, 7) is 6.58. The molecule has 1 heterocycles. The minimum atomic E-state index is -0.635. The summed E-state index contributed by atoms with van der Waals surface area (Å²) in [5, 5.41) is 15.0. The predicted molar refractivity (Wildman–Crippen MR) is 79.4 cm³/mol. The van der Waals surface area contributed by atoms with Gasteiger partial charge in [0.15, 0.2) is 0 Å². The van der Waals surface area contributed by atoms with E-state index in [1.165, 1.54) is 0 Å². The van der Waals surface area contributed by atoms with Crippen LogP contribution in [0, 0.1) is 20.8 Å². The number of aromatic nitrogens is 2. The molecule has 0 aliphatic carbocycles. The molecular weight excluding hydrogens is 276 g/mol. The number of aliphatic hydroxyl groups is 1. The van der Waals surface area contributed by atoms with E-state index in [9.17, 15) is 5.11 Å². The smallest absolute Gasteiger partial charge is 0.138 e. The summed E-state index contributed by atoms with van der Waals surface area (Å²) in [4.78, 5) is 0. The Bertz CT molecular complexity index is 596. The third kappa shape index (κ3) is 3.32. The van der Waals surface area contributed by atoms with E-state index in [2.05, 4.69) is 5.10 Å². The summed E-state index contributed by atoms with van der Waals surface area (Å²) in [6, 6.07) is 7.22. The van der Waals surface area contributed by atoms with E-state index in [1.54, 1.807) is 12.1 Å². The molecule has 0 fully saturated rings. The largest absolute Gasteiger partial charge is 0.489 e. The molecule has 108 valence electrons. The minimum absolute atomic E-state index is 0.182. The molecule has 1 atom stereocenters. The highest BCUT2D eigenvalue weighted by atomic mass is 35.5. The third-order valence-electron chi connectivity index (χ3n) is 3.39. The molecule has 1 aromatic carbocycles. The molecule has 1 aromatic heterocycles. The topological polar surface area (TPSA) is 47.3 Å². The molecule has 0 unspecified atom stereocenters. The molecule has 0 amide bonds. The monoisotopic (exact) mass is 294 g/mol. The van der Waals surface area contributed by atoms with Crippen LogP contribution in [0.5, 0.6) is 5.75 Å². The fraction of sp³-hybridized carbons (Fsp3) is 0.400. The van der Waals surface area contributed by atoms with Gasteiger partial charge in [-0.05, 0) is 38.5 Å². The van der Waals surface area contributed by atoms with Gasteiger partial charge in [0.1, 0.15) is 18.5 Å². The Morgan fingerprint density at radius 1 is 1.30 bits per heavy atom. The van der Waals surface area contributed by atoms with E-state index in [4.69, 9.17) is 16.3 Å². The minimum Gasteiger partial charge on any atom is -0.489 e. The van der Waals surface area contributed by atoms with Crippen molar-refractivity contribution >= 4 is 11.6 Å². The van der Waals surface area contributed by atoms with Gasteiger partial charge in [0.25, 0.3) is 0 Å².